The van der Waals surface area contributed by atoms with Crippen LogP contribution in [0.3, 0.4) is 0 Å². The first-order chi connectivity index (χ1) is 4.91. The van der Waals surface area contributed by atoms with E-state index in [1.807, 2.05) is 6.08 Å². The molecule has 0 bridgehead atoms. The zero-order valence-corrected chi connectivity index (χ0v) is 6.32. The third-order valence-corrected chi connectivity index (χ3v) is 1.20. The topological polar surface area (TPSA) is 48.8 Å². The van der Waals surface area contributed by atoms with Gasteiger partial charge in [0, 0.05) is 4.91 Å². The molecule has 0 radical (unpaired) electrons. The molecule has 0 aromatic rings. The van der Waals surface area contributed by atoms with Crippen molar-refractivity contribution in [3.8, 4) is 0 Å². The predicted molar refractivity (Wildman–Crippen MR) is 42.4 cm³/mol. The zero-order valence-electron chi connectivity index (χ0n) is 6.32. The van der Waals surface area contributed by atoms with Gasteiger partial charge in [-0.15, -0.1) is 0 Å². The van der Waals surface area contributed by atoms with Gasteiger partial charge in [-0.05, 0) is 24.6 Å². The Morgan fingerprint density at radius 2 is 2.30 bits per heavy atom. The lowest BCUT2D eigenvalue weighted by molar-refractivity contribution is 0.728. The zero-order chi connectivity index (χ0) is 7.66. The summed E-state index contributed by atoms with van der Waals surface area (Å²) in [5.74, 6) is 0. The molecule has 0 saturated carbocycles. The summed E-state index contributed by atoms with van der Waals surface area (Å²) in [6, 6.07) is 0. The molecule has 0 amide bonds. The van der Waals surface area contributed by atoms with Gasteiger partial charge < -0.3 is 0 Å². The minimum atomic E-state index is 1.02. The lowest BCUT2D eigenvalue weighted by atomic mass is 10.2. The second-order valence-corrected chi connectivity index (χ2v) is 2.09. The Morgan fingerprint density at radius 3 is 2.90 bits per heavy atom. The second kappa shape index (κ2) is 8.05. The highest BCUT2D eigenvalue weighted by atomic mass is 15.1. The fraction of sp³-hybridized carbons (Fsp3) is 0.714. The molecule has 0 spiro atoms. The molecule has 0 aromatic carbocycles. The molecule has 0 aliphatic carbocycles. The van der Waals surface area contributed by atoms with Crippen molar-refractivity contribution in [1.82, 2.24) is 0 Å². The maximum absolute atomic E-state index is 7.88. The van der Waals surface area contributed by atoms with E-state index in [9.17, 15) is 0 Å². The largest absolute Gasteiger partial charge is 0.0823 e. The first kappa shape index (κ1) is 9.05. The molecule has 0 aliphatic heterocycles. The van der Waals surface area contributed by atoms with Crippen LogP contribution in [0.15, 0.2) is 17.4 Å². The van der Waals surface area contributed by atoms with E-state index in [-0.39, 0.29) is 0 Å². The minimum absolute atomic E-state index is 1.02. The third-order valence-electron chi connectivity index (χ3n) is 1.20. The molecule has 0 fully saturated rings. The number of unbranched alkanes of at least 4 members (excludes halogenated alkanes) is 3. The molecular formula is C7H13N3. The number of rotatable bonds is 5. The van der Waals surface area contributed by atoms with E-state index in [1.165, 1.54) is 25.5 Å². The van der Waals surface area contributed by atoms with Crippen molar-refractivity contribution in [2.75, 3.05) is 0 Å². The molecule has 0 rings (SSSR count). The summed E-state index contributed by atoms with van der Waals surface area (Å²) in [4.78, 5) is 2.59. The number of allylic oxidation sites excluding steroid dienone is 1. The van der Waals surface area contributed by atoms with Crippen LogP contribution < -0.4 is 0 Å². The van der Waals surface area contributed by atoms with Crippen LogP contribution in [0.1, 0.15) is 32.6 Å². The van der Waals surface area contributed by atoms with Crippen molar-refractivity contribution >= 4 is 0 Å². The van der Waals surface area contributed by atoms with Gasteiger partial charge in [-0.2, -0.15) is 0 Å². The molecule has 0 N–H and O–H groups in total. The third kappa shape index (κ3) is 7.05. The van der Waals surface area contributed by atoms with Crippen LogP contribution in [0.2, 0.25) is 0 Å². The molecule has 56 valence electrons. The molecule has 0 atom stereocenters. The Balaban J connectivity index is 3.10. The lowest BCUT2D eigenvalue weighted by Crippen LogP contribution is -1.69. The van der Waals surface area contributed by atoms with E-state index in [4.69, 9.17) is 5.53 Å². The molecule has 0 unspecified atom stereocenters. The SMILES string of the molecule is CCCCC/C=C\N=[N+]=[N-]. The van der Waals surface area contributed by atoms with Crippen molar-refractivity contribution < 1.29 is 0 Å². The summed E-state index contributed by atoms with van der Waals surface area (Å²) in [5.41, 5.74) is 7.88. The quantitative estimate of drug-likeness (QED) is 0.242. The van der Waals surface area contributed by atoms with Crippen LogP contribution >= 0.6 is 0 Å². The van der Waals surface area contributed by atoms with Crippen molar-refractivity contribution in [1.29, 1.82) is 0 Å². The first-order valence-corrected chi connectivity index (χ1v) is 3.61. The van der Waals surface area contributed by atoms with E-state index in [2.05, 4.69) is 16.9 Å². The summed E-state index contributed by atoms with van der Waals surface area (Å²) in [6.07, 6.45) is 8.10. The minimum Gasteiger partial charge on any atom is -0.0823 e. The van der Waals surface area contributed by atoms with Gasteiger partial charge in [-0.1, -0.05) is 31.0 Å². The van der Waals surface area contributed by atoms with E-state index in [0.717, 1.165) is 6.42 Å². The van der Waals surface area contributed by atoms with Crippen molar-refractivity contribution in [2.45, 2.75) is 32.6 Å². The fourth-order valence-corrected chi connectivity index (χ4v) is 0.664. The van der Waals surface area contributed by atoms with E-state index in [1.54, 1.807) is 0 Å². The standard InChI is InChI=1S/C7H13N3/c1-2-3-4-5-6-7-9-10-8/h6-7H,2-5H2,1H3/b7-6-. The number of hydrogen-bond acceptors (Lipinski definition) is 1. The average Bonchev–Trinajstić information content (AvgIpc) is 1.97. The van der Waals surface area contributed by atoms with Gasteiger partial charge in [0.1, 0.15) is 0 Å². The fourth-order valence-electron chi connectivity index (χ4n) is 0.664. The van der Waals surface area contributed by atoms with Gasteiger partial charge in [0.25, 0.3) is 0 Å². The normalized spacial score (nSPS) is 9.70. The predicted octanol–water partition coefficient (Wildman–Crippen LogP) is 3.39. The van der Waals surface area contributed by atoms with E-state index in [0.29, 0.717) is 0 Å². The van der Waals surface area contributed by atoms with Gasteiger partial charge in [-0.25, -0.2) is 0 Å². The molecule has 0 aromatic heterocycles. The summed E-state index contributed by atoms with van der Waals surface area (Å²) in [6.45, 7) is 2.16. The molecule has 0 aliphatic rings. The first-order valence-electron chi connectivity index (χ1n) is 3.61. The Kier molecular flexibility index (Phi) is 7.29. The highest BCUT2D eigenvalue weighted by Crippen LogP contribution is 1.99. The van der Waals surface area contributed by atoms with E-state index < -0.39 is 0 Å². The van der Waals surface area contributed by atoms with Gasteiger partial charge >= 0.3 is 0 Å². The van der Waals surface area contributed by atoms with Crippen molar-refractivity contribution in [2.24, 2.45) is 5.11 Å². The van der Waals surface area contributed by atoms with Crippen LogP contribution in [0.4, 0.5) is 0 Å². The highest BCUT2D eigenvalue weighted by Gasteiger charge is 1.79. The Morgan fingerprint density at radius 1 is 1.50 bits per heavy atom. The van der Waals surface area contributed by atoms with Crippen LogP contribution in [0.25, 0.3) is 10.4 Å². The molecule has 3 nitrogen and oxygen atoms in total. The Bertz CT molecular complexity index is 134. The van der Waals surface area contributed by atoms with Crippen molar-refractivity contribution in [3.05, 3.63) is 22.7 Å². The maximum Gasteiger partial charge on any atom is 0.00474 e. The Labute approximate surface area is 61.4 Å². The van der Waals surface area contributed by atoms with Gasteiger partial charge in [0.15, 0.2) is 0 Å². The number of hydrogen-bond donors (Lipinski definition) is 0. The summed E-state index contributed by atoms with van der Waals surface area (Å²) >= 11 is 0. The summed E-state index contributed by atoms with van der Waals surface area (Å²) < 4.78 is 0. The Hall–Kier alpha value is -0.950. The van der Waals surface area contributed by atoms with E-state index >= 15 is 0 Å². The molecule has 3 heteroatoms. The van der Waals surface area contributed by atoms with Crippen LogP contribution in [0.5, 0.6) is 0 Å². The number of azide groups is 1. The van der Waals surface area contributed by atoms with Crippen LogP contribution in [-0.4, -0.2) is 0 Å². The average molecular weight is 139 g/mol. The van der Waals surface area contributed by atoms with Gasteiger partial charge in [0.2, 0.25) is 0 Å². The smallest absolute Gasteiger partial charge is 0.00474 e. The van der Waals surface area contributed by atoms with Crippen LogP contribution in [-0.2, 0) is 0 Å². The summed E-state index contributed by atoms with van der Waals surface area (Å²) in [5, 5.41) is 3.27. The molecule has 10 heavy (non-hydrogen) atoms. The van der Waals surface area contributed by atoms with Gasteiger partial charge in [-0.3, -0.25) is 0 Å². The summed E-state index contributed by atoms with van der Waals surface area (Å²) in [7, 11) is 0. The second-order valence-electron chi connectivity index (χ2n) is 2.09. The van der Waals surface area contributed by atoms with Gasteiger partial charge in [0.05, 0.1) is 0 Å². The molecular weight excluding hydrogens is 126 g/mol. The molecule has 0 saturated heterocycles. The monoisotopic (exact) mass is 139 g/mol. The van der Waals surface area contributed by atoms with Crippen LogP contribution in [0, 0.1) is 0 Å². The number of nitrogens with zero attached hydrogens (tertiary/aromatic N) is 3. The highest BCUT2D eigenvalue weighted by molar-refractivity contribution is 4.79. The lowest BCUT2D eigenvalue weighted by Gasteiger charge is -1.88. The van der Waals surface area contributed by atoms with Crippen molar-refractivity contribution in [3.63, 3.8) is 0 Å². The molecule has 0 heterocycles. The maximum atomic E-state index is 7.88.